The maximum atomic E-state index is 12.0. The van der Waals surface area contributed by atoms with Crippen molar-refractivity contribution in [3.63, 3.8) is 0 Å². The van der Waals surface area contributed by atoms with Gasteiger partial charge in [0.25, 0.3) is 5.91 Å². The van der Waals surface area contributed by atoms with Crippen LogP contribution < -0.4 is 10.6 Å². The topological polar surface area (TPSA) is 71.3 Å². The van der Waals surface area contributed by atoms with E-state index in [-0.39, 0.29) is 11.8 Å². The fraction of sp³-hybridized carbons (Fsp3) is 0.200. The highest BCUT2D eigenvalue weighted by atomic mass is 32.2. The number of hydrogen-bond acceptors (Lipinski definition) is 4. The Labute approximate surface area is 127 Å². The predicted molar refractivity (Wildman–Crippen MR) is 82.5 cm³/mol. The van der Waals surface area contributed by atoms with Gasteiger partial charge in [-0.3, -0.25) is 9.59 Å². The number of carbonyl (C=O) groups excluding carboxylic acids is 2. The third kappa shape index (κ3) is 4.13. The standard InChI is InChI=1S/C15H16N2O3S/c1-10(16-15(19)11-7-8-20-9-11)14(18)17-12-3-5-13(21-2)6-4-12/h3-10H,1-2H3,(H,16,19)(H,17,18)/t10-/m0/s1. The van der Waals surface area contributed by atoms with Crippen molar-refractivity contribution in [2.75, 3.05) is 11.6 Å². The van der Waals surface area contributed by atoms with Crippen molar-refractivity contribution >= 4 is 29.3 Å². The van der Waals surface area contributed by atoms with Crippen molar-refractivity contribution < 1.29 is 14.0 Å². The largest absolute Gasteiger partial charge is 0.472 e. The molecule has 1 atom stereocenters. The maximum absolute atomic E-state index is 12.0. The molecule has 0 aliphatic rings. The first kappa shape index (κ1) is 15.2. The lowest BCUT2D eigenvalue weighted by Gasteiger charge is -2.13. The van der Waals surface area contributed by atoms with E-state index in [2.05, 4.69) is 10.6 Å². The van der Waals surface area contributed by atoms with Crippen molar-refractivity contribution in [1.29, 1.82) is 0 Å². The Kier molecular flexibility index (Phi) is 5.05. The van der Waals surface area contributed by atoms with Crippen LogP contribution in [0.3, 0.4) is 0 Å². The zero-order valence-electron chi connectivity index (χ0n) is 11.8. The van der Waals surface area contributed by atoms with E-state index in [1.807, 2.05) is 30.5 Å². The van der Waals surface area contributed by atoms with Crippen LogP contribution >= 0.6 is 11.8 Å². The highest BCUT2D eigenvalue weighted by molar-refractivity contribution is 7.98. The molecule has 0 saturated heterocycles. The molecule has 2 N–H and O–H groups in total. The number of hydrogen-bond donors (Lipinski definition) is 2. The van der Waals surface area contributed by atoms with Crippen LogP contribution in [0.25, 0.3) is 0 Å². The number of furan rings is 1. The Bertz CT molecular complexity index is 608. The minimum absolute atomic E-state index is 0.274. The summed E-state index contributed by atoms with van der Waals surface area (Å²) in [4.78, 5) is 24.9. The molecule has 5 nitrogen and oxygen atoms in total. The monoisotopic (exact) mass is 304 g/mol. The molecule has 0 fully saturated rings. The number of carbonyl (C=O) groups is 2. The number of amides is 2. The summed E-state index contributed by atoms with van der Waals surface area (Å²) in [7, 11) is 0. The Hall–Kier alpha value is -2.21. The first-order valence-electron chi connectivity index (χ1n) is 6.38. The van der Waals surface area contributed by atoms with Gasteiger partial charge >= 0.3 is 0 Å². The molecule has 0 bridgehead atoms. The second-order valence-electron chi connectivity index (χ2n) is 4.42. The molecule has 1 heterocycles. The van der Waals surface area contributed by atoms with Crippen LogP contribution in [0.4, 0.5) is 5.69 Å². The predicted octanol–water partition coefficient (Wildman–Crippen LogP) is 2.76. The molecule has 2 rings (SSSR count). The van der Waals surface area contributed by atoms with Crippen LogP contribution in [-0.4, -0.2) is 24.1 Å². The van der Waals surface area contributed by atoms with Gasteiger partial charge in [0.1, 0.15) is 12.3 Å². The molecule has 2 amide bonds. The normalized spacial score (nSPS) is 11.7. The zero-order valence-corrected chi connectivity index (χ0v) is 12.6. The first-order chi connectivity index (χ1) is 10.1. The van der Waals surface area contributed by atoms with E-state index in [9.17, 15) is 9.59 Å². The van der Waals surface area contributed by atoms with E-state index in [0.29, 0.717) is 11.3 Å². The van der Waals surface area contributed by atoms with Crippen molar-refractivity contribution in [3.8, 4) is 0 Å². The fourth-order valence-corrected chi connectivity index (χ4v) is 2.07. The summed E-state index contributed by atoms with van der Waals surface area (Å²) >= 11 is 1.63. The molecule has 0 aliphatic carbocycles. The summed E-state index contributed by atoms with van der Waals surface area (Å²) in [5, 5.41) is 5.37. The first-order valence-corrected chi connectivity index (χ1v) is 7.60. The van der Waals surface area contributed by atoms with Crippen LogP contribution in [0.5, 0.6) is 0 Å². The molecule has 21 heavy (non-hydrogen) atoms. The minimum Gasteiger partial charge on any atom is -0.472 e. The quantitative estimate of drug-likeness (QED) is 0.833. The van der Waals surface area contributed by atoms with Crippen LogP contribution in [0.1, 0.15) is 17.3 Å². The van der Waals surface area contributed by atoms with E-state index in [4.69, 9.17) is 4.42 Å². The molecule has 6 heteroatoms. The average Bonchev–Trinajstić information content (AvgIpc) is 3.02. The van der Waals surface area contributed by atoms with Crippen molar-refractivity contribution in [2.24, 2.45) is 0 Å². The van der Waals surface area contributed by atoms with E-state index >= 15 is 0 Å². The summed E-state index contributed by atoms with van der Waals surface area (Å²) in [6.45, 7) is 1.63. The van der Waals surface area contributed by atoms with Gasteiger partial charge in [0.15, 0.2) is 0 Å². The highest BCUT2D eigenvalue weighted by Crippen LogP contribution is 2.17. The summed E-state index contributed by atoms with van der Waals surface area (Å²) in [5.74, 6) is -0.618. The number of anilines is 1. The van der Waals surface area contributed by atoms with Gasteiger partial charge in [0.2, 0.25) is 5.91 Å². The third-order valence-corrected chi connectivity index (χ3v) is 3.63. The number of benzene rings is 1. The number of nitrogens with one attached hydrogen (secondary N) is 2. The fourth-order valence-electron chi connectivity index (χ4n) is 1.66. The highest BCUT2D eigenvalue weighted by Gasteiger charge is 2.17. The van der Waals surface area contributed by atoms with Gasteiger partial charge in [-0.2, -0.15) is 0 Å². The van der Waals surface area contributed by atoms with Crippen LogP contribution in [0.2, 0.25) is 0 Å². The number of thioether (sulfide) groups is 1. The Balaban J connectivity index is 1.91. The summed E-state index contributed by atoms with van der Waals surface area (Å²) < 4.78 is 4.83. The number of rotatable bonds is 5. The van der Waals surface area contributed by atoms with E-state index in [1.54, 1.807) is 24.8 Å². The van der Waals surface area contributed by atoms with Gasteiger partial charge in [0.05, 0.1) is 11.8 Å². The lowest BCUT2D eigenvalue weighted by atomic mass is 10.2. The molecule has 0 radical (unpaired) electrons. The SMILES string of the molecule is CSc1ccc(NC(=O)[C@H](C)NC(=O)c2ccoc2)cc1. The van der Waals surface area contributed by atoms with Crippen molar-refractivity contribution in [3.05, 3.63) is 48.4 Å². The molecular weight excluding hydrogens is 288 g/mol. The van der Waals surface area contributed by atoms with E-state index < -0.39 is 6.04 Å². The van der Waals surface area contributed by atoms with E-state index in [0.717, 1.165) is 4.90 Å². The Morgan fingerprint density at radius 3 is 2.48 bits per heavy atom. The Morgan fingerprint density at radius 1 is 1.19 bits per heavy atom. The molecular formula is C15H16N2O3S. The van der Waals surface area contributed by atoms with E-state index in [1.165, 1.54) is 12.5 Å². The third-order valence-electron chi connectivity index (χ3n) is 2.88. The lowest BCUT2D eigenvalue weighted by Crippen LogP contribution is -2.41. The zero-order chi connectivity index (χ0) is 15.2. The van der Waals surface area contributed by atoms with Gasteiger partial charge in [-0.15, -0.1) is 11.8 Å². The molecule has 1 aromatic heterocycles. The Morgan fingerprint density at radius 2 is 1.90 bits per heavy atom. The van der Waals surface area contributed by atoms with Gasteiger partial charge in [0, 0.05) is 10.6 Å². The van der Waals surface area contributed by atoms with Crippen LogP contribution in [-0.2, 0) is 4.79 Å². The summed E-state index contributed by atoms with van der Waals surface area (Å²) in [6, 6.07) is 8.40. The van der Waals surface area contributed by atoms with Gasteiger partial charge < -0.3 is 15.1 Å². The van der Waals surface area contributed by atoms with Crippen molar-refractivity contribution in [2.45, 2.75) is 17.9 Å². The van der Waals surface area contributed by atoms with Crippen LogP contribution in [0, 0.1) is 0 Å². The molecule has 2 aromatic rings. The second-order valence-corrected chi connectivity index (χ2v) is 5.30. The molecule has 0 saturated carbocycles. The average molecular weight is 304 g/mol. The molecule has 0 aliphatic heterocycles. The molecule has 0 unspecified atom stereocenters. The smallest absolute Gasteiger partial charge is 0.255 e. The van der Waals surface area contributed by atoms with Crippen LogP contribution in [0.15, 0.2) is 52.2 Å². The molecule has 110 valence electrons. The molecule has 1 aromatic carbocycles. The summed E-state index contributed by atoms with van der Waals surface area (Å²) in [5.41, 5.74) is 1.08. The lowest BCUT2D eigenvalue weighted by molar-refractivity contribution is -0.117. The second kappa shape index (κ2) is 6.99. The maximum Gasteiger partial charge on any atom is 0.255 e. The van der Waals surface area contributed by atoms with Gasteiger partial charge in [-0.05, 0) is 43.5 Å². The minimum atomic E-state index is -0.646. The van der Waals surface area contributed by atoms with Gasteiger partial charge in [-0.25, -0.2) is 0 Å². The summed E-state index contributed by atoms with van der Waals surface area (Å²) in [6.07, 6.45) is 4.73. The molecule has 0 spiro atoms. The van der Waals surface area contributed by atoms with Crippen molar-refractivity contribution in [1.82, 2.24) is 5.32 Å². The van der Waals surface area contributed by atoms with Gasteiger partial charge in [-0.1, -0.05) is 0 Å².